The molecule has 0 aliphatic rings. The first-order chi connectivity index (χ1) is 13.1. The molecular formula is C23H18FNO2. The van der Waals surface area contributed by atoms with E-state index in [1.165, 1.54) is 12.1 Å². The summed E-state index contributed by atoms with van der Waals surface area (Å²) in [6.45, 7) is 2.05. The molecule has 134 valence electrons. The van der Waals surface area contributed by atoms with E-state index < -0.39 is 5.97 Å². The number of carboxylic acid groups (broad SMARTS) is 1. The van der Waals surface area contributed by atoms with Crippen LogP contribution < -0.4 is 0 Å². The molecule has 4 rings (SSSR count). The van der Waals surface area contributed by atoms with Gasteiger partial charge in [0.15, 0.2) is 0 Å². The quantitative estimate of drug-likeness (QED) is 0.485. The van der Waals surface area contributed by atoms with Crippen LogP contribution in [0.5, 0.6) is 0 Å². The Kier molecular flexibility index (Phi) is 4.24. The predicted molar refractivity (Wildman–Crippen MR) is 106 cm³/mol. The number of benzene rings is 2. The summed E-state index contributed by atoms with van der Waals surface area (Å²) in [6, 6.07) is 16.5. The molecule has 27 heavy (non-hydrogen) atoms. The lowest BCUT2D eigenvalue weighted by atomic mass is 9.98. The molecule has 0 atom stereocenters. The Balaban J connectivity index is 2.18. The number of hydrogen-bond acceptors (Lipinski definition) is 1. The molecule has 0 saturated carbocycles. The lowest BCUT2D eigenvalue weighted by Crippen LogP contribution is -1.93. The number of aliphatic carboxylic acids is 1. The van der Waals surface area contributed by atoms with Crippen molar-refractivity contribution >= 4 is 28.3 Å². The summed E-state index contributed by atoms with van der Waals surface area (Å²) in [5.74, 6) is -1.30. The van der Waals surface area contributed by atoms with Crippen molar-refractivity contribution in [3.8, 4) is 11.1 Å². The number of rotatable bonds is 4. The number of hydrogen-bond donors (Lipinski definition) is 1. The second-order valence-electron chi connectivity index (χ2n) is 6.39. The van der Waals surface area contributed by atoms with Crippen LogP contribution in [-0.4, -0.2) is 15.5 Å². The van der Waals surface area contributed by atoms with Crippen LogP contribution in [0.25, 0.3) is 33.5 Å². The monoisotopic (exact) mass is 359 g/mol. The number of halogens is 1. The smallest absolute Gasteiger partial charge is 0.328 e. The maximum absolute atomic E-state index is 13.5. The number of carboxylic acids is 1. The molecule has 0 bridgehead atoms. The van der Waals surface area contributed by atoms with Gasteiger partial charge in [0.25, 0.3) is 0 Å². The Hall–Kier alpha value is -3.40. The average Bonchev–Trinajstić information content (AvgIpc) is 3.00. The summed E-state index contributed by atoms with van der Waals surface area (Å²) in [7, 11) is 0. The number of fused-ring (bicyclic) bond motifs is 3. The maximum Gasteiger partial charge on any atom is 0.328 e. The van der Waals surface area contributed by atoms with Gasteiger partial charge < -0.3 is 9.51 Å². The van der Waals surface area contributed by atoms with Gasteiger partial charge in [-0.1, -0.05) is 43.3 Å². The van der Waals surface area contributed by atoms with E-state index in [4.69, 9.17) is 5.11 Å². The van der Waals surface area contributed by atoms with Crippen molar-refractivity contribution in [3.63, 3.8) is 0 Å². The molecule has 0 aliphatic carbocycles. The number of nitrogens with zero attached hydrogens (tertiary/aromatic N) is 1. The fourth-order valence-corrected chi connectivity index (χ4v) is 3.70. The zero-order valence-electron chi connectivity index (χ0n) is 14.8. The van der Waals surface area contributed by atoms with E-state index >= 15 is 0 Å². The summed E-state index contributed by atoms with van der Waals surface area (Å²) in [6.07, 6.45) is 5.55. The molecule has 2 aromatic carbocycles. The first-order valence-corrected chi connectivity index (χ1v) is 8.81. The van der Waals surface area contributed by atoms with Gasteiger partial charge >= 0.3 is 5.97 Å². The van der Waals surface area contributed by atoms with Crippen LogP contribution in [-0.2, 0) is 11.2 Å². The van der Waals surface area contributed by atoms with Gasteiger partial charge in [0, 0.05) is 34.5 Å². The summed E-state index contributed by atoms with van der Waals surface area (Å²) >= 11 is 0. The Morgan fingerprint density at radius 1 is 1.11 bits per heavy atom. The van der Waals surface area contributed by atoms with Gasteiger partial charge in [0.1, 0.15) is 5.82 Å². The van der Waals surface area contributed by atoms with Crippen LogP contribution in [0.2, 0.25) is 0 Å². The molecule has 0 unspecified atom stereocenters. The molecule has 0 spiro atoms. The SMILES string of the molecule is CCc1c(/C=C/C(=O)O)c(-c2ccc(F)cc2)c2c3ccccc3ccn12. The van der Waals surface area contributed by atoms with E-state index in [-0.39, 0.29) is 5.82 Å². The first-order valence-electron chi connectivity index (χ1n) is 8.81. The third kappa shape index (κ3) is 2.89. The van der Waals surface area contributed by atoms with Crippen LogP contribution in [0.3, 0.4) is 0 Å². The van der Waals surface area contributed by atoms with Crippen LogP contribution in [0.15, 0.2) is 66.9 Å². The number of pyridine rings is 1. The van der Waals surface area contributed by atoms with Crippen molar-refractivity contribution < 1.29 is 14.3 Å². The van der Waals surface area contributed by atoms with E-state index in [1.807, 2.05) is 25.3 Å². The van der Waals surface area contributed by atoms with Crippen LogP contribution in [0.4, 0.5) is 4.39 Å². The zero-order chi connectivity index (χ0) is 19.0. The summed E-state index contributed by atoms with van der Waals surface area (Å²) in [5, 5.41) is 11.3. The van der Waals surface area contributed by atoms with E-state index in [0.717, 1.165) is 51.2 Å². The highest BCUT2D eigenvalue weighted by molar-refractivity contribution is 6.07. The molecule has 0 aliphatic heterocycles. The Morgan fingerprint density at radius 3 is 2.56 bits per heavy atom. The standard InChI is InChI=1S/C23H18FNO2/c1-2-20-19(11-12-21(26)27)22(16-7-9-17(24)10-8-16)23-18-6-4-3-5-15(18)13-14-25(20)23/h3-14H,2H2,1H3,(H,26,27)/b12-11+. The molecule has 4 aromatic rings. The molecule has 0 amide bonds. The van der Waals surface area contributed by atoms with Crippen molar-refractivity contribution in [1.29, 1.82) is 0 Å². The van der Waals surface area contributed by atoms with Crippen molar-refractivity contribution in [3.05, 3.63) is 83.9 Å². The number of aromatic nitrogens is 1. The molecule has 2 aromatic heterocycles. The Morgan fingerprint density at radius 2 is 1.85 bits per heavy atom. The van der Waals surface area contributed by atoms with Crippen molar-refractivity contribution in [2.24, 2.45) is 0 Å². The van der Waals surface area contributed by atoms with E-state index in [0.29, 0.717) is 0 Å². The van der Waals surface area contributed by atoms with Crippen molar-refractivity contribution in [2.75, 3.05) is 0 Å². The molecule has 1 N–H and O–H groups in total. The molecule has 4 heteroatoms. The average molecular weight is 359 g/mol. The minimum Gasteiger partial charge on any atom is -0.478 e. The van der Waals surface area contributed by atoms with E-state index in [1.54, 1.807) is 18.2 Å². The van der Waals surface area contributed by atoms with Gasteiger partial charge in [0.2, 0.25) is 0 Å². The summed E-state index contributed by atoms with van der Waals surface area (Å²) in [4.78, 5) is 11.1. The van der Waals surface area contributed by atoms with Gasteiger partial charge in [0.05, 0.1) is 5.52 Å². The minimum absolute atomic E-state index is 0.300. The van der Waals surface area contributed by atoms with Gasteiger partial charge in [-0.3, -0.25) is 0 Å². The lowest BCUT2D eigenvalue weighted by Gasteiger charge is -2.06. The van der Waals surface area contributed by atoms with Crippen molar-refractivity contribution in [2.45, 2.75) is 13.3 Å². The third-order valence-electron chi connectivity index (χ3n) is 4.83. The lowest BCUT2D eigenvalue weighted by molar-refractivity contribution is -0.131. The van der Waals surface area contributed by atoms with Gasteiger partial charge in [-0.2, -0.15) is 0 Å². The second-order valence-corrected chi connectivity index (χ2v) is 6.39. The predicted octanol–water partition coefficient (Wildman–Crippen LogP) is 5.56. The molecule has 3 nitrogen and oxygen atoms in total. The van der Waals surface area contributed by atoms with E-state index in [9.17, 15) is 9.18 Å². The topological polar surface area (TPSA) is 41.7 Å². The largest absolute Gasteiger partial charge is 0.478 e. The zero-order valence-corrected chi connectivity index (χ0v) is 14.8. The van der Waals surface area contributed by atoms with Crippen LogP contribution in [0, 0.1) is 5.82 Å². The summed E-state index contributed by atoms with van der Waals surface area (Å²) < 4.78 is 15.6. The molecule has 0 saturated heterocycles. The van der Waals surface area contributed by atoms with Gasteiger partial charge in [-0.25, -0.2) is 9.18 Å². The molecule has 0 fully saturated rings. The van der Waals surface area contributed by atoms with Crippen LogP contribution in [0.1, 0.15) is 18.2 Å². The maximum atomic E-state index is 13.5. The third-order valence-corrected chi connectivity index (χ3v) is 4.83. The summed E-state index contributed by atoms with van der Waals surface area (Å²) in [5.41, 5.74) is 4.65. The fourth-order valence-electron chi connectivity index (χ4n) is 3.70. The van der Waals surface area contributed by atoms with Gasteiger partial charge in [-0.15, -0.1) is 0 Å². The number of aryl methyl sites for hydroxylation is 1. The molecule has 2 heterocycles. The first kappa shape index (κ1) is 17.0. The van der Waals surface area contributed by atoms with E-state index in [2.05, 4.69) is 22.6 Å². The Bertz CT molecular complexity index is 1190. The second kappa shape index (κ2) is 6.72. The normalized spacial score (nSPS) is 11.6. The fraction of sp³-hybridized carbons (Fsp3) is 0.0870. The van der Waals surface area contributed by atoms with Crippen molar-refractivity contribution in [1.82, 2.24) is 4.40 Å². The number of carbonyl (C=O) groups is 1. The highest BCUT2D eigenvalue weighted by Gasteiger charge is 2.19. The molecule has 0 radical (unpaired) electrons. The van der Waals surface area contributed by atoms with Crippen LogP contribution >= 0.6 is 0 Å². The highest BCUT2D eigenvalue weighted by Crippen LogP contribution is 2.38. The minimum atomic E-state index is -0.998. The van der Waals surface area contributed by atoms with Gasteiger partial charge in [-0.05, 0) is 41.6 Å². The highest BCUT2D eigenvalue weighted by atomic mass is 19.1. The Labute approximate surface area is 156 Å². The molecular weight excluding hydrogens is 341 g/mol.